The number of hydrogen-bond donors (Lipinski definition) is 1. The minimum atomic E-state index is -0.154. The average molecular weight is 318 g/mol. The number of aromatic nitrogens is 1. The van der Waals surface area contributed by atoms with Crippen LogP contribution >= 0.6 is 11.8 Å². The van der Waals surface area contributed by atoms with Crippen LogP contribution in [0.1, 0.15) is 43.7 Å². The first-order valence-electron chi connectivity index (χ1n) is 7.42. The summed E-state index contributed by atoms with van der Waals surface area (Å²) in [5.74, 6) is 1.14. The lowest BCUT2D eigenvalue weighted by molar-refractivity contribution is -0.120. The van der Waals surface area contributed by atoms with Gasteiger partial charge in [0.1, 0.15) is 11.5 Å². The van der Waals surface area contributed by atoms with Gasteiger partial charge in [0.25, 0.3) is 0 Å². The molecule has 5 heteroatoms. The lowest BCUT2D eigenvalue weighted by Gasteiger charge is -2.11. The summed E-state index contributed by atoms with van der Waals surface area (Å²) in [4.78, 5) is 13.2. The van der Waals surface area contributed by atoms with Crippen molar-refractivity contribution >= 4 is 17.7 Å². The van der Waals surface area contributed by atoms with Crippen molar-refractivity contribution in [2.45, 2.75) is 50.3 Å². The Hall–Kier alpha value is -1.75. The summed E-state index contributed by atoms with van der Waals surface area (Å²) < 4.78 is 5.22. The van der Waals surface area contributed by atoms with E-state index in [1.807, 2.05) is 45.9 Å². The monoisotopic (exact) mass is 318 g/mol. The maximum Gasteiger partial charge on any atom is 0.233 e. The third kappa shape index (κ3) is 4.63. The van der Waals surface area contributed by atoms with Crippen LogP contribution in [0.5, 0.6) is 0 Å². The molecule has 2 rings (SSSR count). The van der Waals surface area contributed by atoms with E-state index in [-0.39, 0.29) is 11.2 Å². The first-order chi connectivity index (χ1) is 10.5. The van der Waals surface area contributed by atoms with Gasteiger partial charge in [-0.05, 0) is 26.0 Å². The van der Waals surface area contributed by atoms with E-state index < -0.39 is 0 Å². The van der Waals surface area contributed by atoms with Gasteiger partial charge in [0.15, 0.2) is 0 Å². The zero-order valence-electron chi connectivity index (χ0n) is 13.4. The van der Waals surface area contributed by atoms with Crippen LogP contribution in [-0.2, 0) is 11.3 Å². The average Bonchev–Trinajstić information content (AvgIpc) is 2.96. The number of hydrogen-bond acceptors (Lipinski definition) is 4. The molecular formula is C17H22N2O2S. The molecule has 0 saturated carbocycles. The van der Waals surface area contributed by atoms with E-state index in [4.69, 9.17) is 4.52 Å². The third-order valence-corrected chi connectivity index (χ3v) is 4.40. The Kier molecular flexibility index (Phi) is 5.66. The normalized spacial score (nSPS) is 12.4. The minimum absolute atomic E-state index is 0.000304. The van der Waals surface area contributed by atoms with Gasteiger partial charge >= 0.3 is 0 Å². The quantitative estimate of drug-likeness (QED) is 0.821. The summed E-state index contributed by atoms with van der Waals surface area (Å²) >= 11 is 1.55. The molecule has 1 N–H and O–H groups in total. The van der Waals surface area contributed by atoms with Crippen LogP contribution < -0.4 is 5.32 Å². The van der Waals surface area contributed by atoms with Gasteiger partial charge in [0.2, 0.25) is 5.91 Å². The molecule has 1 aromatic heterocycles. The number of aryl methyl sites for hydroxylation is 1. The van der Waals surface area contributed by atoms with Gasteiger partial charge in [-0.15, -0.1) is 11.8 Å². The summed E-state index contributed by atoms with van der Waals surface area (Å²) in [6.45, 7) is 8.44. The van der Waals surface area contributed by atoms with E-state index in [0.29, 0.717) is 12.5 Å². The van der Waals surface area contributed by atoms with Crippen molar-refractivity contribution in [2.24, 2.45) is 0 Å². The molecule has 1 unspecified atom stereocenters. The van der Waals surface area contributed by atoms with Crippen LogP contribution in [0, 0.1) is 6.92 Å². The summed E-state index contributed by atoms with van der Waals surface area (Å²) in [6.07, 6.45) is 0. The van der Waals surface area contributed by atoms with E-state index in [1.54, 1.807) is 11.8 Å². The number of thioether (sulfide) groups is 1. The van der Waals surface area contributed by atoms with Gasteiger partial charge < -0.3 is 9.84 Å². The largest absolute Gasteiger partial charge is 0.361 e. The zero-order valence-corrected chi connectivity index (χ0v) is 14.2. The topological polar surface area (TPSA) is 55.1 Å². The van der Waals surface area contributed by atoms with Crippen molar-refractivity contribution in [3.63, 3.8) is 0 Å². The minimum Gasteiger partial charge on any atom is -0.361 e. The van der Waals surface area contributed by atoms with Gasteiger partial charge in [-0.2, -0.15) is 0 Å². The van der Waals surface area contributed by atoms with Crippen molar-refractivity contribution in [1.29, 1.82) is 0 Å². The zero-order chi connectivity index (χ0) is 16.1. The number of benzene rings is 1. The van der Waals surface area contributed by atoms with Crippen molar-refractivity contribution in [3.05, 3.63) is 47.3 Å². The lowest BCUT2D eigenvalue weighted by atomic mass is 10.1. The van der Waals surface area contributed by atoms with Gasteiger partial charge in [0.05, 0.1) is 11.8 Å². The van der Waals surface area contributed by atoms with Crippen molar-refractivity contribution in [1.82, 2.24) is 10.5 Å². The molecule has 0 bridgehead atoms. The fourth-order valence-corrected chi connectivity index (χ4v) is 2.77. The van der Waals surface area contributed by atoms with Gasteiger partial charge in [-0.3, -0.25) is 4.79 Å². The highest BCUT2D eigenvalue weighted by molar-refractivity contribution is 8.00. The van der Waals surface area contributed by atoms with Gasteiger partial charge in [0, 0.05) is 16.9 Å². The SMILES string of the molecule is Cc1ccc(SC(C)C(=O)NCc2cc(C(C)C)on2)cc1. The smallest absolute Gasteiger partial charge is 0.233 e. The highest BCUT2D eigenvalue weighted by atomic mass is 32.2. The molecule has 1 heterocycles. The Morgan fingerprint density at radius 3 is 2.55 bits per heavy atom. The Bertz CT molecular complexity index is 620. The molecule has 1 atom stereocenters. The highest BCUT2D eigenvalue weighted by Crippen LogP contribution is 2.23. The molecular weight excluding hydrogens is 296 g/mol. The molecule has 0 aliphatic rings. The molecule has 0 aliphatic carbocycles. The van der Waals surface area contributed by atoms with Crippen LogP contribution in [0.4, 0.5) is 0 Å². The number of rotatable bonds is 6. The summed E-state index contributed by atoms with van der Waals surface area (Å²) in [6, 6.07) is 10.1. The highest BCUT2D eigenvalue weighted by Gasteiger charge is 2.15. The number of nitrogens with one attached hydrogen (secondary N) is 1. The molecule has 2 aromatic rings. The van der Waals surface area contributed by atoms with Crippen LogP contribution in [0.25, 0.3) is 0 Å². The Morgan fingerprint density at radius 1 is 1.27 bits per heavy atom. The Balaban J connectivity index is 1.84. The predicted octanol–water partition coefficient (Wildman–Crippen LogP) is 3.90. The fourth-order valence-electron chi connectivity index (χ4n) is 1.88. The van der Waals surface area contributed by atoms with E-state index in [1.165, 1.54) is 5.56 Å². The second-order valence-corrected chi connectivity index (χ2v) is 7.08. The molecule has 1 aromatic carbocycles. The second-order valence-electron chi connectivity index (χ2n) is 5.67. The first kappa shape index (κ1) is 16.6. The third-order valence-electron chi connectivity index (χ3n) is 3.29. The van der Waals surface area contributed by atoms with E-state index >= 15 is 0 Å². The molecule has 0 saturated heterocycles. The molecule has 4 nitrogen and oxygen atoms in total. The van der Waals surface area contributed by atoms with Gasteiger partial charge in [-0.25, -0.2) is 0 Å². The van der Waals surface area contributed by atoms with Crippen molar-refractivity contribution < 1.29 is 9.32 Å². The Labute approximate surface area is 135 Å². The van der Waals surface area contributed by atoms with Crippen LogP contribution in [0.15, 0.2) is 39.8 Å². The predicted molar refractivity (Wildman–Crippen MR) is 88.9 cm³/mol. The summed E-state index contributed by atoms with van der Waals surface area (Å²) in [7, 11) is 0. The first-order valence-corrected chi connectivity index (χ1v) is 8.30. The van der Waals surface area contributed by atoms with Crippen molar-refractivity contribution in [2.75, 3.05) is 0 Å². The van der Waals surface area contributed by atoms with E-state index in [0.717, 1.165) is 16.3 Å². The summed E-state index contributed by atoms with van der Waals surface area (Å²) in [5, 5.41) is 6.71. The molecule has 118 valence electrons. The molecule has 22 heavy (non-hydrogen) atoms. The second kappa shape index (κ2) is 7.49. The molecule has 0 spiro atoms. The molecule has 0 fully saturated rings. The number of amides is 1. The lowest BCUT2D eigenvalue weighted by Crippen LogP contribution is -2.30. The molecule has 0 aliphatic heterocycles. The Morgan fingerprint density at radius 2 is 1.95 bits per heavy atom. The van der Waals surface area contributed by atoms with E-state index in [9.17, 15) is 4.79 Å². The number of carbonyl (C=O) groups excluding carboxylic acids is 1. The molecule has 0 radical (unpaired) electrons. The molecule has 1 amide bonds. The maximum absolute atomic E-state index is 12.1. The standard InChI is InChI=1S/C17H22N2O2S/c1-11(2)16-9-14(19-21-16)10-18-17(20)13(4)22-15-7-5-12(3)6-8-15/h5-9,11,13H,10H2,1-4H3,(H,18,20). The van der Waals surface area contributed by atoms with Gasteiger partial charge in [-0.1, -0.05) is 36.7 Å². The number of nitrogens with zero attached hydrogens (tertiary/aromatic N) is 1. The van der Waals surface area contributed by atoms with Crippen LogP contribution in [-0.4, -0.2) is 16.3 Å². The summed E-state index contributed by atoms with van der Waals surface area (Å²) in [5.41, 5.74) is 1.97. The van der Waals surface area contributed by atoms with E-state index in [2.05, 4.69) is 22.6 Å². The maximum atomic E-state index is 12.1. The number of carbonyl (C=O) groups is 1. The van der Waals surface area contributed by atoms with Crippen molar-refractivity contribution in [3.8, 4) is 0 Å². The van der Waals surface area contributed by atoms with Crippen LogP contribution in [0.3, 0.4) is 0 Å². The van der Waals surface area contributed by atoms with Crippen LogP contribution in [0.2, 0.25) is 0 Å². The fraction of sp³-hybridized carbons (Fsp3) is 0.412.